The minimum atomic E-state index is -0.487. The number of carbonyl (C=O) groups is 2. The molecule has 0 radical (unpaired) electrons. The molecule has 3 rings (SSSR count). The highest BCUT2D eigenvalue weighted by Gasteiger charge is 2.27. The third-order valence-corrected chi connectivity index (χ3v) is 5.30. The van der Waals surface area contributed by atoms with Crippen molar-refractivity contribution in [2.75, 3.05) is 0 Å². The molecular formula is C28H30O4. The molecule has 0 aliphatic carbocycles. The van der Waals surface area contributed by atoms with Gasteiger partial charge in [0.2, 0.25) is 0 Å². The summed E-state index contributed by atoms with van der Waals surface area (Å²) in [6, 6.07) is 19.7. The fraction of sp³-hybridized carbons (Fsp3) is 0.286. The van der Waals surface area contributed by atoms with E-state index < -0.39 is 11.9 Å². The number of benzene rings is 3. The summed E-state index contributed by atoms with van der Waals surface area (Å²) in [6.07, 6.45) is 1.55. The van der Waals surface area contributed by atoms with Gasteiger partial charge in [0.15, 0.2) is 11.5 Å². The predicted octanol–water partition coefficient (Wildman–Crippen LogP) is 6.68. The molecule has 0 atom stereocenters. The zero-order valence-electron chi connectivity index (χ0n) is 19.4. The second kappa shape index (κ2) is 9.82. The lowest BCUT2D eigenvalue weighted by Crippen LogP contribution is -2.19. The molecule has 0 saturated heterocycles. The molecule has 0 aromatic heterocycles. The van der Waals surface area contributed by atoms with Crippen LogP contribution in [0.3, 0.4) is 0 Å². The summed E-state index contributed by atoms with van der Waals surface area (Å²) in [5, 5.41) is 0. The monoisotopic (exact) mass is 430 g/mol. The summed E-state index contributed by atoms with van der Waals surface area (Å²) in [4.78, 5) is 25.9. The van der Waals surface area contributed by atoms with Gasteiger partial charge < -0.3 is 9.47 Å². The van der Waals surface area contributed by atoms with Crippen LogP contribution in [0, 0.1) is 6.92 Å². The van der Waals surface area contributed by atoms with Gasteiger partial charge in [-0.1, -0.05) is 76.6 Å². The summed E-state index contributed by atoms with van der Waals surface area (Å²) >= 11 is 0. The summed E-state index contributed by atoms with van der Waals surface area (Å²) in [7, 11) is 0. The number of rotatable bonds is 6. The van der Waals surface area contributed by atoms with Crippen LogP contribution in [-0.4, -0.2) is 11.9 Å². The number of hydrogen-bond donors (Lipinski definition) is 0. The quantitative estimate of drug-likeness (QED) is 0.323. The zero-order valence-corrected chi connectivity index (χ0v) is 19.4. The largest absolute Gasteiger partial charge is 0.419 e. The molecular weight excluding hydrogens is 400 g/mol. The summed E-state index contributed by atoms with van der Waals surface area (Å²) in [5.74, 6) is -0.350. The maximum atomic E-state index is 12.9. The van der Waals surface area contributed by atoms with Crippen molar-refractivity contribution < 1.29 is 19.1 Å². The van der Waals surface area contributed by atoms with Crippen molar-refractivity contribution in [3.05, 3.63) is 94.5 Å². The Bertz CT molecular complexity index is 1090. The van der Waals surface area contributed by atoms with Gasteiger partial charge >= 0.3 is 11.9 Å². The average molecular weight is 431 g/mol. The Morgan fingerprint density at radius 2 is 1.25 bits per heavy atom. The van der Waals surface area contributed by atoms with Crippen LogP contribution in [0.5, 0.6) is 11.5 Å². The molecule has 4 nitrogen and oxygen atoms in total. The summed E-state index contributed by atoms with van der Waals surface area (Å²) < 4.78 is 11.8. The molecule has 0 N–H and O–H groups in total. The van der Waals surface area contributed by atoms with Crippen LogP contribution in [0.4, 0.5) is 0 Å². The van der Waals surface area contributed by atoms with Crippen LogP contribution in [-0.2, 0) is 11.8 Å². The molecule has 4 heteroatoms. The van der Waals surface area contributed by atoms with E-state index >= 15 is 0 Å². The SMILES string of the molecule is CCCc1cc(C(C)(C)C)c(C)c(OC(=O)c2ccccc2)c1OC(=O)c1ccccc1. The van der Waals surface area contributed by atoms with E-state index in [4.69, 9.17) is 9.47 Å². The second-order valence-electron chi connectivity index (χ2n) is 8.88. The molecule has 0 fully saturated rings. The van der Waals surface area contributed by atoms with Gasteiger partial charge in [-0.15, -0.1) is 0 Å². The molecule has 0 bridgehead atoms. The lowest BCUT2D eigenvalue weighted by Gasteiger charge is -2.26. The van der Waals surface area contributed by atoms with Crippen molar-refractivity contribution in [3.63, 3.8) is 0 Å². The van der Waals surface area contributed by atoms with Crippen LogP contribution >= 0.6 is 0 Å². The minimum absolute atomic E-state index is 0.178. The fourth-order valence-electron chi connectivity index (χ4n) is 3.71. The van der Waals surface area contributed by atoms with Crippen LogP contribution in [0.15, 0.2) is 66.7 Å². The molecule has 0 saturated carbocycles. The molecule has 32 heavy (non-hydrogen) atoms. The van der Waals surface area contributed by atoms with Crippen molar-refractivity contribution in [2.45, 2.75) is 52.9 Å². The van der Waals surface area contributed by atoms with Crippen LogP contribution in [0.2, 0.25) is 0 Å². The lowest BCUT2D eigenvalue weighted by atomic mass is 9.82. The first-order chi connectivity index (χ1) is 15.2. The molecule has 0 aliphatic rings. The van der Waals surface area contributed by atoms with Gasteiger partial charge in [-0.05, 0) is 59.7 Å². The fourth-order valence-corrected chi connectivity index (χ4v) is 3.71. The normalized spacial score (nSPS) is 11.2. The number of carbonyl (C=O) groups excluding carboxylic acids is 2. The van der Waals surface area contributed by atoms with Gasteiger partial charge in [-0.25, -0.2) is 9.59 Å². The Morgan fingerprint density at radius 1 is 0.781 bits per heavy atom. The number of hydrogen-bond acceptors (Lipinski definition) is 4. The molecule has 0 aliphatic heterocycles. The van der Waals surface area contributed by atoms with Crippen molar-refractivity contribution >= 4 is 11.9 Å². The number of aryl methyl sites for hydroxylation is 1. The van der Waals surface area contributed by atoms with Crippen LogP contribution < -0.4 is 9.47 Å². The maximum Gasteiger partial charge on any atom is 0.343 e. The van der Waals surface area contributed by atoms with Gasteiger partial charge in [-0.3, -0.25) is 0 Å². The first-order valence-corrected chi connectivity index (χ1v) is 10.9. The zero-order chi connectivity index (χ0) is 23.3. The highest BCUT2D eigenvalue weighted by molar-refractivity contribution is 5.93. The highest BCUT2D eigenvalue weighted by atomic mass is 16.6. The van der Waals surface area contributed by atoms with E-state index in [9.17, 15) is 9.59 Å². The van der Waals surface area contributed by atoms with E-state index in [0.29, 0.717) is 29.0 Å². The highest BCUT2D eigenvalue weighted by Crippen LogP contribution is 2.42. The van der Waals surface area contributed by atoms with E-state index in [1.54, 1.807) is 48.5 Å². The predicted molar refractivity (Wildman–Crippen MR) is 127 cm³/mol. The van der Waals surface area contributed by atoms with Gasteiger partial charge in [0, 0.05) is 0 Å². The topological polar surface area (TPSA) is 52.6 Å². The standard InChI is InChI=1S/C28H30O4/c1-6-13-22-18-23(28(3,4)5)19(2)24(31-26(29)20-14-9-7-10-15-20)25(22)32-27(30)21-16-11-8-12-17-21/h7-12,14-18H,6,13H2,1-5H3. The molecule has 0 heterocycles. The van der Waals surface area contributed by atoms with E-state index in [2.05, 4.69) is 33.8 Å². The number of esters is 2. The van der Waals surface area contributed by atoms with E-state index in [1.165, 1.54) is 0 Å². The lowest BCUT2D eigenvalue weighted by molar-refractivity contribution is 0.0679. The Hall–Kier alpha value is -3.40. The van der Waals surface area contributed by atoms with Crippen LogP contribution in [0.1, 0.15) is 71.5 Å². The second-order valence-corrected chi connectivity index (χ2v) is 8.88. The van der Waals surface area contributed by atoms with Crippen molar-refractivity contribution in [1.29, 1.82) is 0 Å². The van der Waals surface area contributed by atoms with Gasteiger partial charge in [0.1, 0.15) is 0 Å². The van der Waals surface area contributed by atoms with E-state index in [1.807, 2.05) is 19.1 Å². The van der Waals surface area contributed by atoms with Crippen molar-refractivity contribution in [1.82, 2.24) is 0 Å². The average Bonchev–Trinajstić information content (AvgIpc) is 2.78. The first kappa shape index (κ1) is 23.3. The first-order valence-electron chi connectivity index (χ1n) is 10.9. The maximum absolute atomic E-state index is 12.9. The Kier molecular flexibility index (Phi) is 7.14. The molecule has 0 unspecified atom stereocenters. The third-order valence-electron chi connectivity index (χ3n) is 5.30. The van der Waals surface area contributed by atoms with Gasteiger partial charge in [0.25, 0.3) is 0 Å². The van der Waals surface area contributed by atoms with Crippen molar-refractivity contribution in [2.24, 2.45) is 0 Å². The summed E-state index contributed by atoms with van der Waals surface area (Å²) in [6.45, 7) is 10.3. The number of ether oxygens (including phenoxy) is 2. The Balaban J connectivity index is 2.14. The van der Waals surface area contributed by atoms with E-state index in [-0.39, 0.29) is 5.41 Å². The minimum Gasteiger partial charge on any atom is -0.419 e. The van der Waals surface area contributed by atoms with Crippen molar-refractivity contribution in [3.8, 4) is 11.5 Å². The molecule has 166 valence electrons. The molecule has 0 amide bonds. The van der Waals surface area contributed by atoms with Gasteiger partial charge in [0.05, 0.1) is 11.1 Å². The smallest absolute Gasteiger partial charge is 0.343 e. The van der Waals surface area contributed by atoms with E-state index in [0.717, 1.165) is 23.1 Å². The summed E-state index contributed by atoms with van der Waals surface area (Å²) in [5.41, 5.74) is 3.39. The molecule has 3 aromatic rings. The Labute approximate surface area is 190 Å². The molecule has 3 aromatic carbocycles. The Morgan fingerprint density at radius 3 is 1.69 bits per heavy atom. The van der Waals surface area contributed by atoms with Crippen LogP contribution in [0.25, 0.3) is 0 Å². The third kappa shape index (κ3) is 5.25. The van der Waals surface area contributed by atoms with Gasteiger partial charge in [-0.2, -0.15) is 0 Å². The molecule has 0 spiro atoms.